The van der Waals surface area contributed by atoms with Crippen molar-refractivity contribution in [2.24, 2.45) is 0 Å². The highest BCUT2D eigenvalue weighted by molar-refractivity contribution is 5.99. The molecule has 0 amide bonds. The number of carbonyl (C=O) groups is 2. The number of hydrogen-bond acceptors (Lipinski definition) is 6. The van der Waals surface area contributed by atoms with E-state index in [0.717, 1.165) is 28.0 Å². The number of nitrogens with one attached hydrogen (secondary N) is 1. The van der Waals surface area contributed by atoms with Crippen LogP contribution in [0.2, 0.25) is 0 Å². The van der Waals surface area contributed by atoms with E-state index in [1.165, 1.54) is 7.11 Å². The first-order valence-corrected chi connectivity index (χ1v) is 8.55. The third-order valence-corrected chi connectivity index (χ3v) is 4.03. The molecule has 0 atom stereocenters. The van der Waals surface area contributed by atoms with E-state index in [2.05, 4.69) is 10.3 Å². The normalized spacial score (nSPS) is 10.5. The Labute approximate surface area is 157 Å². The summed E-state index contributed by atoms with van der Waals surface area (Å²) in [6, 6.07) is 14.2. The lowest BCUT2D eigenvalue weighted by molar-refractivity contribution is 0.0525. The van der Waals surface area contributed by atoms with Crippen LogP contribution in [0.3, 0.4) is 0 Å². The fourth-order valence-corrected chi connectivity index (χ4v) is 2.77. The van der Waals surface area contributed by atoms with Gasteiger partial charge in [-0.15, -0.1) is 0 Å². The van der Waals surface area contributed by atoms with Gasteiger partial charge < -0.3 is 14.8 Å². The van der Waals surface area contributed by atoms with E-state index in [-0.39, 0.29) is 5.97 Å². The van der Waals surface area contributed by atoms with E-state index in [4.69, 9.17) is 9.47 Å². The zero-order valence-corrected chi connectivity index (χ0v) is 15.4. The number of methoxy groups -OCH3 is 1. The van der Waals surface area contributed by atoms with Crippen molar-refractivity contribution in [3.63, 3.8) is 0 Å². The first-order chi connectivity index (χ1) is 13.0. The summed E-state index contributed by atoms with van der Waals surface area (Å²) in [4.78, 5) is 28.1. The van der Waals surface area contributed by atoms with Crippen LogP contribution in [-0.2, 0) is 9.47 Å². The van der Waals surface area contributed by atoms with Crippen LogP contribution in [0, 0.1) is 6.92 Å². The summed E-state index contributed by atoms with van der Waals surface area (Å²) in [6.07, 6.45) is 0. The number of pyridine rings is 1. The SMILES string of the molecule is CCOC(=O)c1ccc(Nc2cc(C)nc3ccc(C(=O)OC)cc23)cc1. The molecule has 3 rings (SSSR count). The van der Waals surface area contributed by atoms with Gasteiger partial charge in [-0.05, 0) is 62.4 Å². The van der Waals surface area contributed by atoms with Crippen molar-refractivity contribution in [1.29, 1.82) is 0 Å². The molecule has 0 saturated heterocycles. The van der Waals surface area contributed by atoms with Crippen molar-refractivity contribution in [3.8, 4) is 0 Å². The maximum Gasteiger partial charge on any atom is 0.338 e. The van der Waals surface area contributed by atoms with Gasteiger partial charge in [0, 0.05) is 22.5 Å². The van der Waals surface area contributed by atoms with Gasteiger partial charge in [0.25, 0.3) is 0 Å². The Morgan fingerprint density at radius 1 is 1.00 bits per heavy atom. The average molecular weight is 364 g/mol. The second kappa shape index (κ2) is 7.86. The summed E-state index contributed by atoms with van der Waals surface area (Å²) >= 11 is 0. The third-order valence-electron chi connectivity index (χ3n) is 4.03. The Hall–Kier alpha value is -3.41. The zero-order valence-electron chi connectivity index (χ0n) is 15.4. The smallest absolute Gasteiger partial charge is 0.338 e. The van der Waals surface area contributed by atoms with Crippen molar-refractivity contribution in [3.05, 3.63) is 65.4 Å². The minimum Gasteiger partial charge on any atom is -0.465 e. The molecule has 0 bridgehead atoms. The molecule has 0 aliphatic heterocycles. The van der Waals surface area contributed by atoms with E-state index in [9.17, 15) is 9.59 Å². The number of ether oxygens (including phenoxy) is 2. The van der Waals surface area contributed by atoms with Crippen molar-refractivity contribution < 1.29 is 19.1 Å². The maximum absolute atomic E-state index is 11.8. The van der Waals surface area contributed by atoms with Crippen molar-refractivity contribution in [2.45, 2.75) is 13.8 Å². The number of aromatic nitrogens is 1. The molecule has 6 heteroatoms. The lowest BCUT2D eigenvalue weighted by Crippen LogP contribution is -2.04. The lowest BCUT2D eigenvalue weighted by Gasteiger charge is -2.12. The standard InChI is InChI=1S/C21H20N2O4/c1-4-27-21(25)14-5-8-16(9-6-14)23-19-11-13(2)22-18-10-7-15(12-17(18)19)20(24)26-3/h5-12H,4H2,1-3H3,(H,22,23). The number of rotatable bonds is 5. The molecule has 6 nitrogen and oxygen atoms in total. The number of hydrogen-bond donors (Lipinski definition) is 1. The number of aryl methyl sites for hydroxylation is 1. The lowest BCUT2D eigenvalue weighted by atomic mass is 10.1. The Morgan fingerprint density at radius 2 is 1.70 bits per heavy atom. The fraction of sp³-hybridized carbons (Fsp3) is 0.190. The van der Waals surface area contributed by atoms with Gasteiger partial charge in [-0.2, -0.15) is 0 Å². The van der Waals surface area contributed by atoms with Gasteiger partial charge in [0.1, 0.15) is 0 Å². The highest BCUT2D eigenvalue weighted by Crippen LogP contribution is 2.28. The van der Waals surface area contributed by atoms with Crippen molar-refractivity contribution in [1.82, 2.24) is 4.98 Å². The fourth-order valence-electron chi connectivity index (χ4n) is 2.77. The van der Waals surface area contributed by atoms with Crippen LogP contribution >= 0.6 is 0 Å². The number of benzene rings is 2. The van der Waals surface area contributed by atoms with E-state index in [0.29, 0.717) is 17.7 Å². The molecule has 0 saturated carbocycles. The van der Waals surface area contributed by atoms with Gasteiger partial charge in [0.05, 0.1) is 30.4 Å². The van der Waals surface area contributed by atoms with Crippen LogP contribution in [0.5, 0.6) is 0 Å². The van der Waals surface area contributed by atoms with Crippen LogP contribution in [0.25, 0.3) is 10.9 Å². The van der Waals surface area contributed by atoms with Gasteiger partial charge in [-0.25, -0.2) is 9.59 Å². The highest BCUT2D eigenvalue weighted by Gasteiger charge is 2.11. The summed E-state index contributed by atoms with van der Waals surface area (Å²) in [6.45, 7) is 4.01. The number of anilines is 2. The average Bonchev–Trinajstić information content (AvgIpc) is 2.67. The molecule has 27 heavy (non-hydrogen) atoms. The minimum atomic E-state index is -0.401. The topological polar surface area (TPSA) is 77.5 Å². The number of esters is 2. The molecule has 0 radical (unpaired) electrons. The second-order valence-electron chi connectivity index (χ2n) is 5.96. The van der Waals surface area contributed by atoms with E-state index >= 15 is 0 Å². The van der Waals surface area contributed by atoms with Gasteiger partial charge in [0.2, 0.25) is 0 Å². The summed E-state index contributed by atoms with van der Waals surface area (Å²) in [7, 11) is 1.35. The van der Waals surface area contributed by atoms with Gasteiger partial charge in [-0.1, -0.05) is 0 Å². The predicted molar refractivity (Wildman–Crippen MR) is 104 cm³/mol. The molecule has 0 unspecified atom stereocenters. The maximum atomic E-state index is 11.8. The number of nitrogens with zero attached hydrogens (tertiary/aromatic N) is 1. The Balaban J connectivity index is 1.95. The van der Waals surface area contributed by atoms with Gasteiger partial charge in [0.15, 0.2) is 0 Å². The molecule has 3 aromatic rings. The van der Waals surface area contributed by atoms with Crippen LogP contribution in [-0.4, -0.2) is 30.6 Å². The second-order valence-corrected chi connectivity index (χ2v) is 5.96. The molecule has 1 aromatic heterocycles. The molecule has 2 aromatic carbocycles. The molecular formula is C21H20N2O4. The quantitative estimate of drug-likeness (QED) is 0.682. The molecular weight excluding hydrogens is 344 g/mol. The van der Waals surface area contributed by atoms with Crippen LogP contribution in [0.4, 0.5) is 11.4 Å². The predicted octanol–water partition coefficient (Wildman–Crippen LogP) is 4.25. The van der Waals surface area contributed by atoms with Crippen molar-refractivity contribution in [2.75, 3.05) is 19.0 Å². The van der Waals surface area contributed by atoms with E-state index < -0.39 is 5.97 Å². The molecule has 1 N–H and O–H groups in total. The van der Waals surface area contributed by atoms with Crippen LogP contribution in [0.1, 0.15) is 33.3 Å². The zero-order chi connectivity index (χ0) is 19.4. The monoisotopic (exact) mass is 364 g/mol. The van der Waals surface area contributed by atoms with E-state index in [1.54, 1.807) is 49.4 Å². The molecule has 0 fully saturated rings. The van der Waals surface area contributed by atoms with Gasteiger partial charge >= 0.3 is 11.9 Å². The first kappa shape index (κ1) is 18.4. The summed E-state index contributed by atoms with van der Waals surface area (Å²) < 4.78 is 9.79. The number of carbonyl (C=O) groups excluding carboxylic acids is 2. The van der Waals surface area contributed by atoms with Crippen LogP contribution < -0.4 is 5.32 Å². The number of fused-ring (bicyclic) bond motifs is 1. The summed E-state index contributed by atoms with van der Waals surface area (Å²) in [5.74, 6) is -0.751. The van der Waals surface area contributed by atoms with Gasteiger partial charge in [-0.3, -0.25) is 4.98 Å². The molecule has 0 aliphatic carbocycles. The first-order valence-electron chi connectivity index (χ1n) is 8.55. The van der Waals surface area contributed by atoms with Crippen molar-refractivity contribution >= 4 is 34.2 Å². The molecule has 138 valence electrons. The molecule has 0 spiro atoms. The summed E-state index contributed by atoms with van der Waals surface area (Å²) in [5, 5.41) is 4.13. The largest absolute Gasteiger partial charge is 0.465 e. The molecule has 0 aliphatic rings. The van der Waals surface area contributed by atoms with Crippen LogP contribution in [0.15, 0.2) is 48.5 Å². The Bertz CT molecular complexity index is 997. The Morgan fingerprint density at radius 3 is 2.37 bits per heavy atom. The molecule has 1 heterocycles. The Kier molecular flexibility index (Phi) is 5.35. The third kappa shape index (κ3) is 4.06. The highest BCUT2D eigenvalue weighted by atomic mass is 16.5. The summed E-state index contributed by atoms with van der Waals surface area (Å²) in [5.41, 5.74) is 4.18. The minimum absolute atomic E-state index is 0.337. The van der Waals surface area contributed by atoms with E-state index in [1.807, 2.05) is 13.0 Å².